The fourth-order valence-corrected chi connectivity index (χ4v) is 4.19. The minimum Gasteiger partial charge on any atom is -0.459 e. The minimum atomic E-state index is -0.847. The average molecular weight is 375 g/mol. The molecule has 3 amide bonds. The molecular weight excluding hydrogens is 346 g/mol. The predicted octanol–water partition coefficient (Wildman–Crippen LogP) is 2.04. The largest absolute Gasteiger partial charge is 0.459 e. The molecule has 1 aromatic heterocycles. The molecule has 2 saturated heterocycles. The van der Waals surface area contributed by atoms with Crippen molar-refractivity contribution in [3.05, 3.63) is 24.2 Å². The van der Waals surface area contributed by atoms with Crippen LogP contribution >= 0.6 is 0 Å². The van der Waals surface area contributed by atoms with E-state index in [-0.39, 0.29) is 17.7 Å². The van der Waals surface area contributed by atoms with Gasteiger partial charge in [-0.15, -0.1) is 0 Å². The summed E-state index contributed by atoms with van der Waals surface area (Å²) in [6, 6.07) is 2.88. The maximum Gasteiger partial charge on any atom is 0.289 e. The van der Waals surface area contributed by atoms with Crippen molar-refractivity contribution in [3.8, 4) is 0 Å². The number of hydrogen-bond acceptors (Lipinski definition) is 4. The molecule has 27 heavy (non-hydrogen) atoms. The first-order chi connectivity index (χ1) is 12.9. The zero-order valence-corrected chi connectivity index (χ0v) is 16.4. The molecule has 2 fully saturated rings. The van der Waals surface area contributed by atoms with E-state index in [4.69, 9.17) is 4.42 Å². The quantitative estimate of drug-likeness (QED) is 0.854. The van der Waals surface area contributed by atoms with Gasteiger partial charge in [-0.3, -0.25) is 14.4 Å². The highest BCUT2D eigenvalue weighted by atomic mass is 16.3. The van der Waals surface area contributed by atoms with Crippen LogP contribution in [0.4, 0.5) is 0 Å². The number of carbonyl (C=O) groups is 3. The van der Waals surface area contributed by atoms with Crippen LogP contribution in [0.15, 0.2) is 22.8 Å². The van der Waals surface area contributed by atoms with Crippen LogP contribution in [0.3, 0.4) is 0 Å². The third-order valence-electron chi connectivity index (χ3n) is 5.57. The third-order valence-corrected chi connectivity index (χ3v) is 5.57. The molecule has 2 aliphatic rings. The van der Waals surface area contributed by atoms with Crippen LogP contribution in [0.25, 0.3) is 0 Å². The van der Waals surface area contributed by atoms with E-state index in [0.717, 1.165) is 6.42 Å². The highest BCUT2D eigenvalue weighted by Crippen LogP contribution is 2.34. The number of rotatable bonds is 5. The molecule has 0 saturated carbocycles. The van der Waals surface area contributed by atoms with Crippen molar-refractivity contribution in [2.24, 2.45) is 5.92 Å². The summed E-state index contributed by atoms with van der Waals surface area (Å²) in [5.41, 5.74) is -0.847. The number of piperidine rings is 1. The summed E-state index contributed by atoms with van der Waals surface area (Å²) in [6.45, 7) is 7.53. The van der Waals surface area contributed by atoms with Gasteiger partial charge in [-0.2, -0.15) is 0 Å². The Bertz CT molecular complexity index is 690. The van der Waals surface area contributed by atoms with Crippen molar-refractivity contribution in [1.82, 2.24) is 15.1 Å². The van der Waals surface area contributed by atoms with Gasteiger partial charge in [0.05, 0.1) is 6.26 Å². The Morgan fingerprint density at radius 2 is 2.04 bits per heavy atom. The van der Waals surface area contributed by atoms with Gasteiger partial charge in [0.25, 0.3) is 5.91 Å². The lowest BCUT2D eigenvalue weighted by Gasteiger charge is -2.51. The van der Waals surface area contributed by atoms with Gasteiger partial charge in [0, 0.05) is 19.6 Å². The zero-order chi connectivity index (χ0) is 19.6. The minimum absolute atomic E-state index is 0.0101. The third kappa shape index (κ3) is 3.59. The monoisotopic (exact) mass is 375 g/mol. The lowest BCUT2D eigenvalue weighted by atomic mass is 9.80. The van der Waals surface area contributed by atoms with Crippen molar-refractivity contribution in [3.63, 3.8) is 0 Å². The van der Waals surface area contributed by atoms with E-state index in [1.807, 2.05) is 20.8 Å². The summed E-state index contributed by atoms with van der Waals surface area (Å²) in [6.07, 6.45) is 3.81. The normalized spacial score (nSPS) is 22.4. The summed E-state index contributed by atoms with van der Waals surface area (Å²) in [7, 11) is 0. The number of piperazine rings is 1. The van der Waals surface area contributed by atoms with Gasteiger partial charge in [-0.05, 0) is 43.7 Å². The van der Waals surface area contributed by atoms with Gasteiger partial charge >= 0.3 is 0 Å². The number of nitrogens with zero attached hydrogens (tertiary/aromatic N) is 2. The Labute approximate surface area is 160 Å². The van der Waals surface area contributed by atoms with Gasteiger partial charge in [0.2, 0.25) is 11.8 Å². The Kier molecular flexibility index (Phi) is 5.58. The SMILES string of the molecule is CCCN1C(=O)C(CC(C)C)NC(=O)C12CCN(C(=O)c1ccco1)CC2. The number of amides is 3. The van der Waals surface area contributed by atoms with Crippen LogP contribution < -0.4 is 5.32 Å². The van der Waals surface area contributed by atoms with Crippen molar-refractivity contribution < 1.29 is 18.8 Å². The van der Waals surface area contributed by atoms with Crippen molar-refractivity contribution in [1.29, 1.82) is 0 Å². The molecule has 0 aliphatic carbocycles. The van der Waals surface area contributed by atoms with E-state index < -0.39 is 11.6 Å². The molecule has 3 rings (SSSR count). The maximum atomic E-state index is 13.1. The van der Waals surface area contributed by atoms with Gasteiger partial charge in [0.15, 0.2) is 5.76 Å². The van der Waals surface area contributed by atoms with Gasteiger partial charge < -0.3 is 19.5 Å². The Morgan fingerprint density at radius 3 is 2.59 bits per heavy atom. The highest BCUT2D eigenvalue weighted by molar-refractivity contribution is 6.00. The summed E-state index contributed by atoms with van der Waals surface area (Å²) in [5, 5.41) is 2.97. The molecule has 148 valence electrons. The fourth-order valence-electron chi connectivity index (χ4n) is 4.19. The molecule has 2 aliphatic heterocycles. The van der Waals surface area contributed by atoms with Crippen LogP contribution in [0.1, 0.15) is 57.0 Å². The zero-order valence-electron chi connectivity index (χ0n) is 16.4. The fraction of sp³-hybridized carbons (Fsp3) is 0.650. The summed E-state index contributed by atoms with van der Waals surface area (Å²) in [5.74, 6) is 0.390. The van der Waals surface area contributed by atoms with E-state index in [1.54, 1.807) is 21.9 Å². The van der Waals surface area contributed by atoms with E-state index in [1.165, 1.54) is 6.26 Å². The second-order valence-corrected chi connectivity index (χ2v) is 7.95. The average Bonchev–Trinajstić information content (AvgIpc) is 3.18. The lowest BCUT2D eigenvalue weighted by molar-refractivity contribution is -0.161. The molecule has 0 radical (unpaired) electrons. The van der Waals surface area contributed by atoms with E-state index in [0.29, 0.717) is 50.6 Å². The molecule has 1 unspecified atom stereocenters. The number of nitrogens with one attached hydrogen (secondary N) is 1. The predicted molar refractivity (Wildman–Crippen MR) is 100.0 cm³/mol. The molecule has 7 nitrogen and oxygen atoms in total. The van der Waals surface area contributed by atoms with Gasteiger partial charge in [0.1, 0.15) is 11.6 Å². The topological polar surface area (TPSA) is 82.9 Å². The van der Waals surface area contributed by atoms with Gasteiger partial charge in [-0.25, -0.2) is 0 Å². The van der Waals surface area contributed by atoms with E-state index in [9.17, 15) is 14.4 Å². The van der Waals surface area contributed by atoms with Crippen molar-refractivity contribution in [2.45, 2.75) is 58.0 Å². The summed E-state index contributed by atoms with van der Waals surface area (Å²) >= 11 is 0. The standard InChI is InChI=1S/C20H29N3O4/c1-4-9-23-17(24)15(13-14(2)3)21-19(26)20(23)7-10-22(11-8-20)18(25)16-6-5-12-27-16/h5-6,12,14-15H,4,7-11,13H2,1-3H3,(H,21,26). The van der Waals surface area contributed by atoms with Crippen LogP contribution in [-0.4, -0.2) is 58.7 Å². The van der Waals surface area contributed by atoms with Gasteiger partial charge in [-0.1, -0.05) is 20.8 Å². The van der Waals surface area contributed by atoms with E-state index in [2.05, 4.69) is 5.32 Å². The highest BCUT2D eigenvalue weighted by Gasteiger charge is 2.53. The number of furan rings is 1. The number of carbonyl (C=O) groups excluding carboxylic acids is 3. The van der Waals surface area contributed by atoms with Crippen LogP contribution in [0, 0.1) is 5.92 Å². The Morgan fingerprint density at radius 1 is 1.33 bits per heavy atom. The van der Waals surface area contributed by atoms with Crippen molar-refractivity contribution >= 4 is 17.7 Å². The number of likely N-dealkylation sites (tertiary alicyclic amines) is 1. The molecule has 1 spiro atoms. The molecule has 1 atom stereocenters. The second kappa shape index (κ2) is 7.74. The molecule has 1 aromatic rings. The molecular formula is C20H29N3O4. The Balaban J connectivity index is 1.77. The first kappa shape index (κ1) is 19.5. The molecule has 0 bridgehead atoms. The summed E-state index contributed by atoms with van der Waals surface area (Å²) < 4.78 is 5.20. The molecule has 3 heterocycles. The smallest absolute Gasteiger partial charge is 0.289 e. The number of hydrogen-bond donors (Lipinski definition) is 1. The first-order valence-electron chi connectivity index (χ1n) is 9.84. The van der Waals surface area contributed by atoms with Crippen LogP contribution in [-0.2, 0) is 9.59 Å². The Hall–Kier alpha value is -2.31. The lowest BCUT2D eigenvalue weighted by Crippen LogP contribution is -2.73. The maximum absolute atomic E-state index is 13.1. The van der Waals surface area contributed by atoms with Crippen molar-refractivity contribution in [2.75, 3.05) is 19.6 Å². The molecule has 7 heteroatoms. The second-order valence-electron chi connectivity index (χ2n) is 7.95. The van der Waals surface area contributed by atoms with Crippen LogP contribution in [0.5, 0.6) is 0 Å². The van der Waals surface area contributed by atoms with E-state index >= 15 is 0 Å². The summed E-state index contributed by atoms with van der Waals surface area (Å²) in [4.78, 5) is 42.2. The van der Waals surface area contributed by atoms with Crippen LogP contribution in [0.2, 0.25) is 0 Å². The molecule has 0 aromatic carbocycles. The first-order valence-corrected chi connectivity index (χ1v) is 9.84. The molecule has 1 N–H and O–H groups in total.